The summed E-state index contributed by atoms with van der Waals surface area (Å²) in [4.78, 5) is 0. The molecule has 4 rings (SSSR count). The molecule has 0 aliphatic heterocycles. The molecule has 150 valence electrons. The lowest BCUT2D eigenvalue weighted by Crippen LogP contribution is -2.52. The van der Waals surface area contributed by atoms with Crippen LogP contribution in [0.25, 0.3) is 0 Å². The maximum atomic E-state index is 13.9. The van der Waals surface area contributed by atoms with E-state index in [1.54, 1.807) is 0 Å². The highest BCUT2D eigenvalue weighted by molar-refractivity contribution is 7.89. The van der Waals surface area contributed by atoms with E-state index in [-0.39, 0.29) is 22.9 Å². The Kier molecular flexibility index (Phi) is 5.22. The van der Waals surface area contributed by atoms with Crippen molar-refractivity contribution < 1.29 is 8.42 Å². The van der Waals surface area contributed by atoms with Gasteiger partial charge in [0.05, 0.1) is 5.75 Å². The molecule has 0 spiro atoms. The molecule has 26 heavy (non-hydrogen) atoms. The molecule has 0 radical (unpaired) electrons. The zero-order chi connectivity index (χ0) is 18.4. The van der Waals surface area contributed by atoms with Gasteiger partial charge in [-0.3, -0.25) is 0 Å². The van der Waals surface area contributed by atoms with E-state index in [2.05, 4.69) is 18.2 Å². The van der Waals surface area contributed by atoms with E-state index in [1.807, 2.05) is 0 Å². The summed E-state index contributed by atoms with van der Waals surface area (Å²) in [5.74, 6) is 1.17. The summed E-state index contributed by atoms with van der Waals surface area (Å²) in [5.41, 5.74) is 0.239. The van der Waals surface area contributed by atoms with Gasteiger partial charge in [-0.15, -0.1) is 0 Å². The fourth-order valence-electron chi connectivity index (χ4n) is 7.15. The first kappa shape index (κ1) is 19.2. The highest BCUT2D eigenvalue weighted by Gasteiger charge is 2.60. The summed E-state index contributed by atoms with van der Waals surface area (Å²) in [6.07, 6.45) is 16.5. The fraction of sp³-hybridized carbons (Fsp3) is 1.00. The lowest BCUT2D eigenvalue weighted by Gasteiger charge is -2.44. The van der Waals surface area contributed by atoms with Crippen LogP contribution >= 0.6 is 0 Å². The summed E-state index contributed by atoms with van der Waals surface area (Å²) in [7, 11) is -3.19. The van der Waals surface area contributed by atoms with Crippen LogP contribution in [-0.4, -0.2) is 30.6 Å². The number of hydrogen-bond acceptors (Lipinski definition) is 2. The number of hydrogen-bond donors (Lipinski definition) is 0. The van der Waals surface area contributed by atoms with Gasteiger partial charge in [0.15, 0.2) is 0 Å². The number of fused-ring (bicyclic) bond motifs is 2. The Morgan fingerprint density at radius 3 is 1.62 bits per heavy atom. The molecule has 0 N–H and O–H groups in total. The summed E-state index contributed by atoms with van der Waals surface area (Å²) in [6.45, 7) is 4.72. The van der Waals surface area contributed by atoms with Crippen molar-refractivity contribution in [2.45, 2.75) is 116 Å². The second-order valence-electron chi connectivity index (χ2n) is 10.4. The Balaban J connectivity index is 1.61. The van der Waals surface area contributed by atoms with Crippen LogP contribution in [0.2, 0.25) is 0 Å². The van der Waals surface area contributed by atoms with Gasteiger partial charge in [0.2, 0.25) is 10.0 Å². The van der Waals surface area contributed by atoms with E-state index >= 15 is 0 Å². The van der Waals surface area contributed by atoms with Gasteiger partial charge in [-0.1, -0.05) is 52.4 Å². The monoisotopic (exact) mass is 381 g/mol. The molecule has 4 aliphatic rings. The van der Waals surface area contributed by atoms with E-state index in [0.717, 1.165) is 44.4 Å². The maximum absolute atomic E-state index is 13.9. The van der Waals surface area contributed by atoms with E-state index in [0.29, 0.717) is 5.75 Å². The molecule has 0 saturated heterocycles. The van der Waals surface area contributed by atoms with Crippen molar-refractivity contribution >= 4 is 10.0 Å². The number of sulfonamides is 1. The molecular formula is C22H39NO2S. The van der Waals surface area contributed by atoms with Gasteiger partial charge < -0.3 is 0 Å². The van der Waals surface area contributed by atoms with E-state index in [9.17, 15) is 8.42 Å². The van der Waals surface area contributed by atoms with Gasteiger partial charge in [-0.2, -0.15) is 4.31 Å². The Morgan fingerprint density at radius 2 is 1.23 bits per heavy atom. The van der Waals surface area contributed by atoms with Gasteiger partial charge in [0.25, 0.3) is 0 Å². The summed E-state index contributed by atoms with van der Waals surface area (Å²) in [6, 6.07) is 0.574. The van der Waals surface area contributed by atoms with Crippen LogP contribution in [-0.2, 0) is 10.0 Å². The first-order valence-corrected chi connectivity index (χ1v) is 13.0. The van der Waals surface area contributed by atoms with Crippen molar-refractivity contribution in [3.05, 3.63) is 0 Å². The third-order valence-corrected chi connectivity index (χ3v) is 11.1. The lowest BCUT2D eigenvalue weighted by molar-refractivity contribution is 0.140. The third kappa shape index (κ3) is 3.17. The van der Waals surface area contributed by atoms with Crippen molar-refractivity contribution in [2.75, 3.05) is 5.75 Å². The van der Waals surface area contributed by atoms with Crippen molar-refractivity contribution in [3.8, 4) is 0 Å². The average molecular weight is 382 g/mol. The zero-order valence-electron chi connectivity index (χ0n) is 17.0. The Bertz CT molecular complexity index is 574. The largest absolute Gasteiger partial charge is 0.215 e. The van der Waals surface area contributed by atoms with E-state index < -0.39 is 10.0 Å². The normalized spacial score (nSPS) is 36.0. The third-order valence-electron chi connectivity index (χ3n) is 8.98. The van der Waals surface area contributed by atoms with Crippen molar-refractivity contribution in [3.63, 3.8) is 0 Å². The summed E-state index contributed by atoms with van der Waals surface area (Å²) < 4.78 is 29.9. The predicted molar refractivity (Wildman–Crippen MR) is 108 cm³/mol. The SMILES string of the molecule is CC1(C)C2CCC1(CS(=O)(=O)N(C1CCCCC1)C1CCCCC1)CC2. The smallest absolute Gasteiger partial charge is 0.212 e. The molecule has 0 aromatic rings. The highest BCUT2D eigenvalue weighted by atomic mass is 32.2. The van der Waals surface area contributed by atoms with Crippen molar-refractivity contribution in [1.29, 1.82) is 0 Å². The zero-order valence-corrected chi connectivity index (χ0v) is 17.8. The van der Waals surface area contributed by atoms with Crippen LogP contribution in [0.4, 0.5) is 0 Å². The lowest BCUT2D eigenvalue weighted by atomic mass is 9.71. The molecule has 3 nitrogen and oxygen atoms in total. The Labute approximate surface area is 161 Å². The Hall–Kier alpha value is -0.0900. The van der Waals surface area contributed by atoms with Gasteiger partial charge in [-0.05, 0) is 68.1 Å². The summed E-state index contributed by atoms with van der Waals surface area (Å²) >= 11 is 0. The first-order chi connectivity index (χ1) is 12.4. The topological polar surface area (TPSA) is 37.4 Å². The van der Waals surface area contributed by atoms with Crippen LogP contribution < -0.4 is 0 Å². The molecule has 4 aliphatic carbocycles. The van der Waals surface area contributed by atoms with Gasteiger partial charge >= 0.3 is 0 Å². The molecule has 0 unspecified atom stereocenters. The molecular weight excluding hydrogens is 342 g/mol. The average Bonchev–Trinajstić information content (AvgIpc) is 3.00. The van der Waals surface area contributed by atoms with Crippen molar-refractivity contribution in [1.82, 2.24) is 4.31 Å². The Morgan fingerprint density at radius 1 is 0.769 bits per heavy atom. The van der Waals surface area contributed by atoms with Crippen LogP contribution in [0.5, 0.6) is 0 Å². The minimum atomic E-state index is -3.19. The quantitative estimate of drug-likeness (QED) is 0.630. The number of nitrogens with zero attached hydrogens (tertiary/aromatic N) is 1. The molecule has 4 heteroatoms. The van der Waals surface area contributed by atoms with Crippen LogP contribution in [0.1, 0.15) is 104 Å². The van der Waals surface area contributed by atoms with E-state index in [4.69, 9.17) is 0 Å². The predicted octanol–water partition coefficient (Wildman–Crippen LogP) is 5.50. The van der Waals surface area contributed by atoms with Crippen LogP contribution in [0, 0.1) is 16.7 Å². The van der Waals surface area contributed by atoms with Gasteiger partial charge in [0, 0.05) is 12.1 Å². The van der Waals surface area contributed by atoms with Crippen LogP contribution in [0.15, 0.2) is 0 Å². The van der Waals surface area contributed by atoms with E-state index in [1.165, 1.54) is 51.4 Å². The second-order valence-corrected chi connectivity index (χ2v) is 12.3. The summed E-state index contributed by atoms with van der Waals surface area (Å²) in [5, 5.41) is 0. The molecule has 0 aromatic heterocycles. The number of rotatable bonds is 5. The minimum Gasteiger partial charge on any atom is -0.212 e. The molecule has 0 atom stereocenters. The minimum absolute atomic E-state index is 0.0398. The van der Waals surface area contributed by atoms with Crippen LogP contribution in [0.3, 0.4) is 0 Å². The maximum Gasteiger partial charge on any atom is 0.215 e. The molecule has 0 heterocycles. The van der Waals surface area contributed by atoms with Gasteiger partial charge in [-0.25, -0.2) is 8.42 Å². The van der Waals surface area contributed by atoms with Crippen molar-refractivity contribution in [2.24, 2.45) is 16.7 Å². The fourth-order valence-corrected chi connectivity index (χ4v) is 9.99. The highest BCUT2D eigenvalue weighted by Crippen LogP contribution is 2.66. The molecule has 2 bridgehead atoms. The first-order valence-electron chi connectivity index (χ1n) is 11.4. The second kappa shape index (κ2) is 7.06. The standard InChI is InChI=1S/C22H39NO2S/c1-21(2)18-13-15-22(21,16-14-18)17-26(24,25)23(19-9-5-3-6-10-19)20-11-7-4-8-12-20/h18-20H,3-17H2,1-2H3. The molecule has 4 fully saturated rings. The molecule has 4 saturated carbocycles. The molecule has 0 amide bonds. The van der Waals surface area contributed by atoms with Gasteiger partial charge in [0.1, 0.15) is 0 Å². The molecule has 0 aromatic carbocycles.